The molecule has 0 aliphatic carbocycles. The number of fused-ring (bicyclic) bond motifs is 1. The lowest BCUT2D eigenvalue weighted by molar-refractivity contribution is -0.142. The monoisotopic (exact) mass is 386 g/mol. The Kier molecular flexibility index (Phi) is 6.63. The number of benzene rings is 1. The molecular weight excluding hydrogens is 360 g/mol. The van der Waals surface area contributed by atoms with Crippen molar-refractivity contribution >= 4 is 23.2 Å². The number of hydrogen-bond acceptors (Lipinski definition) is 4. The maximum absolute atomic E-state index is 13.0. The molecule has 1 aromatic heterocycles. The Bertz CT molecular complexity index is 775. The van der Waals surface area contributed by atoms with Crippen LogP contribution in [-0.2, 0) is 27.2 Å². The third-order valence-corrected chi connectivity index (χ3v) is 5.94. The SMILES string of the molecule is COCCN(CC(=O)N1CCc2ccccc2C1C)C(=O)Cc1cccs1. The lowest BCUT2D eigenvalue weighted by Gasteiger charge is -2.36. The topological polar surface area (TPSA) is 49.9 Å². The molecule has 5 nitrogen and oxygen atoms in total. The highest BCUT2D eigenvalue weighted by molar-refractivity contribution is 7.10. The van der Waals surface area contributed by atoms with E-state index in [4.69, 9.17) is 4.74 Å². The van der Waals surface area contributed by atoms with E-state index in [1.165, 1.54) is 11.1 Å². The first kappa shape index (κ1) is 19.6. The maximum Gasteiger partial charge on any atom is 0.242 e. The highest BCUT2D eigenvalue weighted by Gasteiger charge is 2.29. The Hall–Kier alpha value is -2.18. The second kappa shape index (κ2) is 9.15. The summed E-state index contributed by atoms with van der Waals surface area (Å²) in [5.74, 6) is -0.0412. The Morgan fingerprint density at radius 3 is 2.81 bits per heavy atom. The van der Waals surface area contributed by atoms with Gasteiger partial charge in [0.05, 0.1) is 25.6 Å². The Balaban J connectivity index is 1.67. The minimum atomic E-state index is -0.0343. The number of amides is 2. The van der Waals surface area contributed by atoms with Crippen molar-refractivity contribution in [1.29, 1.82) is 0 Å². The van der Waals surface area contributed by atoms with Crippen molar-refractivity contribution in [2.45, 2.75) is 25.8 Å². The average Bonchev–Trinajstić information content (AvgIpc) is 3.18. The predicted molar refractivity (Wildman–Crippen MR) is 107 cm³/mol. The van der Waals surface area contributed by atoms with E-state index in [1.807, 2.05) is 34.5 Å². The van der Waals surface area contributed by atoms with Crippen LogP contribution < -0.4 is 0 Å². The van der Waals surface area contributed by atoms with E-state index in [1.54, 1.807) is 23.3 Å². The highest BCUT2D eigenvalue weighted by Crippen LogP contribution is 2.29. The van der Waals surface area contributed by atoms with Gasteiger partial charge in [-0.05, 0) is 35.9 Å². The molecule has 0 saturated heterocycles. The lowest BCUT2D eigenvalue weighted by atomic mass is 9.93. The number of ether oxygens (including phenoxy) is 1. The number of methoxy groups -OCH3 is 1. The second-order valence-electron chi connectivity index (χ2n) is 6.78. The summed E-state index contributed by atoms with van der Waals surface area (Å²) in [5.41, 5.74) is 2.50. The Morgan fingerprint density at radius 1 is 1.26 bits per heavy atom. The summed E-state index contributed by atoms with van der Waals surface area (Å²) in [6, 6.07) is 12.2. The minimum Gasteiger partial charge on any atom is -0.383 e. The normalized spacial score (nSPS) is 16.1. The number of carbonyl (C=O) groups excluding carboxylic acids is 2. The largest absolute Gasteiger partial charge is 0.383 e. The van der Waals surface area contributed by atoms with Crippen molar-refractivity contribution in [2.24, 2.45) is 0 Å². The molecule has 1 unspecified atom stereocenters. The van der Waals surface area contributed by atoms with Gasteiger partial charge in [-0.3, -0.25) is 9.59 Å². The predicted octanol–water partition coefficient (Wildman–Crippen LogP) is 2.91. The number of rotatable bonds is 7. The van der Waals surface area contributed by atoms with Crippen LogP contribution in [0.2, 0.25) is 0 Å². The van der Waals surface area contributed by atoms with Crippen molar-refractivity contribution < 1.29 is 14.3 Å². The summed E-state index contributed by atoms with van der Waals surface area (Å²) in [4.78, 5) is 30.2. The summed E-state index contributed by atoms with van der Waals surface area (Å²) in [6.07, 6.45) is 1.18. The van der Waals surface area contributed by atoms with Crippen LogP contribution in [0.15, 0.2) is 41.8 Å². The van der Waals surface area contributed by atoms with Crippen LogP contribution in [0.1, 0.15) is 29.0 Å². The van der Waals surface area contributed by atoms with Gasteiger partial charge in [-0.15, -0.1) is 11.3 Å². The summed E-state index contributed by atoms with van der Waals surface area (Å²) in [6.45, 7) is 3.68. The number of carbonyl (C=O) groups is 2. The summed E-state index contributed by atoms with van der Waals surface area (Å²) >= 11 is 1.56. The fourth-order valence-electron chi connectivity index (χ4n) is 3.53. The molecule has 0 N–H and O–H groups in total. The third kappa shape index (κ3) is 4.76. The van der Waals surface area contributed by atoms with Gasteiger partial charge in [0.1, 0.15) is 0 Å². The molecule has 0 bridgehead atoms. The first-order valence-corrected chi connectivity index (χ1v) is 10.1. The molecule has 1 atom stereocenters. The maximum atomic E-state index is 13.0. The van der Waals surface area contributed by atoms with Crippen LogP contribution in [0.3, 0.4) is 0 Å². The smallest absolute Gasteiger partial charge is 0.242 e. The lowest BCUT2D eigenvalue weighted by Crippen LogP contribution is -2.47. The van der Waals surface area contributed by atoms with Gasteiger partial charge >= 0.3 is 0 Å². The van der Waals surface area contributed by atoms with Crippen LogP contribution in [0.25, 0.3) is 0 Å². The van der Waals surface area contributed by atoms with E-state index < -0.39 is 0 Å². The molecule has 2 aromatic rings. The molecule has 27 heavy (non-hydrogen) atoms. The van der Waals surface area contributed by atoms with Crippen LogP contribution in [0, 0.1) is 0 Å². The molecule has 2 amide bonds. The molecule has 2 heterocycles. The zero-order valence-electron chi connectivity index (χ0n) is 15.9. The average molecular weight is 387 g/mol. The first-order chi connectivity index (χ1) is 13.1. The first-order valence-electron chi connectivity index (χ1n) is 9.26. The van der Waals surface area contributed by atoms with Gasteiger partial charge in [0.25, 0.3) is 0 Å². The van der Waals surface area contributed by atoms with E-state index in [9.17, 15) is 9.59 Å². The molecule has 0 spiro atoms. The van der Waals surface area contributed by atoms with Crippen LogP contribution in [0.5, 0.6) is 0 Å². The van der Waals surface area contributed by atoms with Crippen LogP contribution >= 0.6 is 11.3 Å². The fourth-order valence-corrected chi connectivity index (χ4v) is 4.23. The van der Waals surface area contributed by atoms with Crippen molar-refractivity contribution in [3.63, 3.8) is 0 Å². The molecule has 1 aromatic carbocycles. The molecule has 0 radical (unpaired) electrons. The van der Waals surface area contributed by atoms with Gasteiger partial charge < -0.3 is 14.5 Å². The van der Waals surface area contributed by atoms with E-state index in [0.717, 1.165) is 11.3 Å². The van der Waals surface area contributed by atoms with E-state index in [2.05, 4.69) is 19.1 Å². The molecule has 0 fully saturated rings. The van der Waals surface area contributed by atoms with Gasteiger partial charge in [-0.2, -0.15) is 0 Å². The third-order valence-electron chi connectivity index (χ3n) is 5.06. The van der Waals surface area contributed by atoms with Gasteiger partial charge in [-0.1, -0.05) is 30.3 Å². The molecule has 144 valence electrons. The molecular formula is C21H26N2O3S. The van der Waals surface area contributed by atoms with Gasteiger partial charge in [0.15, 0.2) is 0 Å². The van der Waals surface area contributed by atoms with Crippen LogP contribution in [0.4, 0.5) is 0 Å². The van der Waals surface area contributed by atoms with Crippen molar-refractivity contribution in [1.82, 2.24) is 9.80 Å². The number of nitrogens with zero attached hydrogens (tertiary/aromatic N) is 2. The highest BCUT2D eigenvalue weighted by atomic mass is 32.1. The molecule has 1 aliphatic heterocycles. The summed E-state index contributed by atoms with van der Waals surface area (Å²) in [5, 5.41) is 1.96. The molecule has 1 aliphatic rings. The van der Waals surface area contributed by atoms with Crippen molar-refractivity contribution in [2.75, 3.05) is 33.4 Å². The summed E-state index contributed by atoms with van der Waals surface area (Å²) < 4.78 is 5.14. The van der Waals surface area contributed by atoms with Crippen molar-refractivity contribution in [3.05, 3.63) is 57.8 Å². The standard InChI is InChI=1S/C21H26N2O3S/c1-16-19-8-4-3-6-17(19)9-10-23(16)21(25)15-22(11-12-26-2)20(24)14-18-7-5-13-27-18/h3-8,13,16H,9-12,14-15H2,1-2H3. The van der Waals surface area contributed by atoms with Crippen molar-refractivity contribution in [3.8, 4) is 0 Å². The molecule has 6 heteroatoms. The van der Waals surface area contributed by atoms with Crippen LogP contribution in [-0.4, -0.2) is 55.0 Å². The van der Waals surface area contributed by atoms with Gasteiger partial charge in [0.2, 0.25) is 11.8 Å². The quantitative estimate of drug-likeness (QED) is 0.735. The van der Waals surface area contributed by atoms with E-state index >= 15 is 0 Å². The Labute approximate surface area is 164 Å². The van der Waals surface area contributed by atoms with Gasteiger partial charge in [-0.25, -0.2) is 0 Å². The molecule has 0 saturated carbocycles. The number of thiophene rings is 1. The fraction of sp³-hybridized carbons (Fsp3) is 0.429. The second-order valence-corrected chi connectivity index (χ2v) is 7.81. The zero-order valence-corrected chi connectivity index (χ0v) is 16.7. The molecule has 3 rings (SSSR count). The number of hydrogen-bond donors (Lipinski definition) is 0. The summed E-state index contributed by atoms with van der Waals surface area (Å²) in [7, 11) is 1.60. The minimum absolute atomic E-state index is 0.00682. The van der Waals surface area contributed by atoms with Gasteiger partial charge in [0, 0.05) is 25.1 Å². The van der Waals surface area contributed by atoms with E-state index in [0.29, 0.717) is 26.1 Å². The Morgan fingerprint density at radius 2 is 2.07 bits per heavy atom. The van der Waals surface area contributed by atoms with E-state index in [-0.39, 0.29) is 24.4 Å². The zero-order chi connectivity index (χ0) is 19.2.